The summed E-state index contributed by atoms with van der Waals surface area (Å²) in [5.74, 6) is -36.3. The highest BCUT2D eigenvalue weighted by atomic mass is 28.3. The van der Waals surface area contributed by atoms with Crippen LogP contribution in [0.5, 0.6) is 0 Å². The first-order chi connectivity index (χ1) is 9.55. The van der Waals surface area contributed by atoms with Crippen LogP contribution in [0.1, 0.15) is 12.8 Å². The summed E-state index contributed by atoms with van der Waals surface area (Å²) < 4.78 is 142. The van der Waals surface area contributed by atoms with Crippen molar-refractivity contribution in [1.82, 2.24) is 0 Å². The van der Waals surface area contributed by atoms with E-state index in [-0.39, 0.29) is 0 Å². The molecular formula is C10H10F10OSi. The summed E-state index contributed by atoms with van der Waals surface area (Å²) in [6.07, 6.45) is -2.35. The summed E-state index contributed by atoms with van der Waals surface area (Å²) in [6, 6.07) is -0.430. The minimum Gasteiger partial charge on any atom is -0.389 e. The molecular weight excluding hydrogens is 354 g/mol. The molecule has 0 bridgehead atoms. The molecule has 1 aliphatic rings. The van der Waals surface area contributed by atoms with E-state index in [1.165, 1.54) is 0 Å². The Balaban J connectivity index is 3.33. The predicted molar refractivity (Wildman–Crippen MR) is 54.6 cm³/mol. The van der Waals surface area contributed by atoms with Gasteiger partial charge in [-0.05, 0) is 25.4 Å². The van der Waals surface area contributed by atoms with E-state index >= 15 is 0 Å². The highest BCUT2D eigenvalue weighted by Gasteiger charge is 2.94. The number of hydrogen-bond donors (Lipinski definition) is 0. The average Bonchev–Trinajstić information content (AvgIpc) is 2.31. The van der Waals surface area contributed by atoms with Gasteiger partial charge in [-0.1, -0.05) is 0 Å². The lowest BCUT2D eigenvalue weighted by molar-refractivity contribution is -0.464. The Kier molecular flexibility index (Phi) is 4.54. The molecule has 0 aromatic carbocycles. The maximum absolute atomic E-state index is 13.4. The number of halogens is 10. The lowest BCUT2D eigenvalue weighted by Crippen LogP contribution is -2.77. The fourth-order valence-electron chi connectivity index (χ4n) is 2.20. The van der Waals surface area contributed by atoms with Gasteiger partial charge in [-0.25, -0.2) is 0 Å². The largest absolute Gasteiger partial charge is 0.389 e. The van der Waals surface area contributed by atoms with Crippen molar-refractivity contribution < 1.29 is 48.4 Å². The summed E-state index contributed by atoms with van der Waals surface area (Å²) >= 11 is 0. The van der Waals surface area contributed by atoms with Gasteiger partial charge in [-0.3, -0.25) is 0 Å². The molecule has 1 nitrogen and oxygen atoms in total. The molecule has 0 heterocycles. The first kappa shape index (κ1) is 19.4. The van der Waals surface area contributed by atoms with Crippen LogP contribution in [0.25, 0.3) is 0 Å². The van der Waals surface area contributed by atoms with Gasteiger partial charge in [0.05, 0.1) is 5.92 Å². The monoisotopic (exact) mass is 364 g/mol. The van der Waals surface area contributed by atoms with E-state index < -0.39 is 63.1 Å². The van der Waals surface area contributed by atoms with Gasteiger partial charge in [0.1, 0.15) is 0 Å². The van der Waals surface area contributed by atoms with Crippen LogP contribution in [0.15, 0.2) is 0 Å². The van der Waals surface area contributed by atoms with Gasteiger partial charge in [0.15, 0.2) is 0 Å². The molecule has 0 aromatic rings. The molecule has 1 rings (SSSR count). The summed E-state index contributed by atoms with van der Waals surface area (Å²) in [5, 5.41) is 0. The zero-order chi connectivity index (χ0) is 17.8. The second-order valence-corrected chi connectivity index (χ2v) is 7.02. The van der Waals surface area contributed by atoms with E-state index in [2.05, 4.69) is 0 Å². The highest BCUT2D eigenvalue weighted by Crippen LogP contribution is 2.67. The van der Waals surface area contributed by atoms with Crippen LogP contribution in [0.4, 0.5) is 43.9 Å². The normalized spacial score (nSPS) is 28.3. The molecule has 0 aromatic heterocycles. The smallest absolute Gasteiger partial charge is 0.384 e. The lowest BCUT2D eigenvalue weighted by atomic mass is 9.73. The maximum atomic E-state index is 13.4. The molecule has 0 amide bonds. The van der Waals surface area contributed by atoms with Crippen LogP contribution in [0, 0.1) is 5.92 Å². The SMILES string of the molecule is C[Si](=O)CCCC1C(F)(F)C(F)(F)C(F)(F)C(F)(F)C1(F)F. The Morgan fingerprint density at radius 1 is 0.773 bits per heavy atom. The van der Waals surface area contributed by atoms with Crippen LogP contribution in [0.3, 0.4) is 0 Å². The van der Waals surface area contributed by atoms with Crippen molar-refractivity contribution in [3.05, 3.63) is 0 Å². The summed E-state index contributed by atoms with van der Waals surface area (Å²) in [5.41, 5.74) is 0. The molecule has 0 radical (unpaired) electrons. The molecule has 0 N–H and O–H groups in total. The van der Waals surface area contributed by atoms with Crippen LogP contribution < -0.4 is 0 Å². The minimum absolute atomic E-state index is 0.430. The molecule has 22 heavy (non-hydrogen) atoms. The Labute approximate surface area is 119 Å². The summed E-state index contributed by atoms with van der Waals surface area (Å²) in [4.78, 5) is 0. The van der Waals surface area contributed by atoms with Gasteiger partial charge in [0.2, 0.25) is 0 Å². The van der Waals surface area contributed by atoms with Crippen LogP contribution in [0.2, 0.25) is 12.6 Å². The third-order valence-corrected chi connectivity index (χ3v) is 4.58. The average molecular weight is 364 g/mol. The summed E-state index contributed by atoms with van der Waals surface area (Å²) in [6.45, 7) is 1.11. The quantitative estimate of drug-likeness (QED) is 0.525. The van der Waals surface area contributed by atoms with Gasteiger partial charge >= 0.3 is 29.6 Å². The van der Waals surface area contributed by atoms with E-state index in [0.29, 0.717) is 0 Å². The highest BCUT2D eigenvalue weighted by molar-refractivity contribution is 6.40. The molecule has 1 saturated carbocycles. The minimum atomic E-state index is -6.91. The Morgan fingerprint density at radius 2 is 1.14 bits per heavy atom. The standard InChI is InChI=1S/C10H10F10OSi/c1-22(21)4-2-3-5-6(11,12)8(15,16)10(19,20)9(17,18)7(5,13)14/h5H,2-4H2,1H3. The van der Waals surface area contributed by atoms with Gasteiger partial charge in [-0.2, -0.15) is 43.9 Å². The predicted octanol–water partition coefficient (Wildman–Crippen LogP) is 4.62. The fourth-order valence-corrected chi connectivity index (χ4v) is 2.90. The molecule has 0 atom stereocenters. The van der Waals surface area contributed by atoms with Crippen LogP contribution in [-0.2, 0) is 4.46 Å². The molecule has 0 spiro atoms. The van der Waals surface area contributed by atoms with E-state index in [4.69, 9.17) is 0 Å². The molecule has 0 unspecified atom stereocenters. The molecule has 0 aliphatic heterocycles. The lowest BCUT2D eigenvalue weighted by Gasteiger charge is -2.49. The maximum Gasteiger partial charge on any atom is 0.384 e. The zero-order valence-electron chi connectivity index (χ0n) is 10.9. The number of hydrogen-bond acceptors (Lipinski definition) is 1. The second-order valence-electron chi connectivity index (χ2n) is 5.12. The Morgan fingerprint density at radius 3 is 1.45 bits per heavy atom. The van der Waals surface area contributed by atoms with Crippen molar-refractivity contribution in [1.29, 1.82) is 0 Å². The Bertz CT molecular complexity index is 431. The summed E-state index contributed by atoms with van der Waals surface area (Å²) in [7, 11) is -2.35. The fraction of sp³-hybridized carbons (Fsp3) is 1.00. The van der Waals surface area contributed by atoms with E-state index in [0.717, 1.165) is 6.55 Å². The van der Waals surface area contributed by atoms with Crippen molar-refractivity contribution in [3.63, 3.8) is 0 Å². The molecule has 1 aliphatic carbocycles. The number of alkyl halides is 10. The van der Waals surface area contributed by atoms with Crippen LogP contribution in [-0.4, -0.2) is 38.3 Å². The zero-order valence-corrected chi connectivity index (χ0v) is 11.9. The third-order valence-electron chi connectivity index (χ3n) is 3.52. The van der Waals surface area contributed by atoms with E-state index in [9.17, 15) is 48.4 Å². The van der Waals surface area contributed by atoms with E-state index in [1.807, 2.05) is 0 Å². The van der Waals surface area contributed by atoms with Gasteiger partial charge in [-0.15, -0.1) is 0 Å². The van der Waals surface area contributed by atoms with Crippen molar-refractivity contribution in [3.8, 4) is 0 Å². The molecule has 12 heteroatoms. The van der Waals surface area contributed by atoms with Crippen molar-refractivity contribution >= 4 is 8.68 Å². The van der Waals surface area contributed by atoms with Gasteiger partial charge in [0.25, 0.3) is 8.68 Å². The first-order valence-electron chi connectivity index (χ1n) is 5.93. The third kappa shape index (κ3) is 2.28. The van der Waals surface area contributed by atoms with Crippen LogP contribution >= 0.6 is 0 Å². The number of rotatable bonds is 4. The first-order valence-corrected chi connectivity index (χ1v) is 8.05. The molecule has 0 saturated heterocycles. The van der Waals surface area contributed by atoms with E-state index in [1.54, 1.807) is 0 Å². The van der Waals surface area contributed by atoms with Crippen molar-refractivity contribution in [2.75, 3.05) is 0 Å². The molecule has 1 fully saturated rings. The van der Waals surface area contributed by atoms with Crippen molar-refractivity contribution in [2.24, 2.45) is 5.92 Å². The topological polar surface area (TPSA) is 17.1 Å². The van der Waals surface area contributed by atoms with Gasteiger partial charge < -0.3 is 4.46 Å². The van der Waals surface area contributed by atoms with Crippen molar-refractivity contribution in [2.45, 2.75) is 55.0 Å². The molecule has 130 valence electrons. The Hall–Kier alpha value is -0.683. The second kappa shape index (κ2) is 5.16. The van der Waals surface area contributed by atoms with Gasteiger partial charge in [0, 0.05) is 0 Å².